The smallest absolute Gasteiger partial charge is 0.191 e. The highest BCUT2D eigenvalue weighted by Gasteiger charge is 2.45. The van der Waals surface area contributed by atoms with Crippen LogP contribution in [0.1, 0.15) is 22.3 Å². The third kappa shape index (κ3) is 1.24. The summed E-state index contributed by atoms with van der Waals surface area (Å²) < 4.78 is 0. The van der Waals surface area contributed by atoms with Crippen LogP contribution in [0.4, 0.5) is 0 Å². The van der Waals surface area contributed by atoms with Gasteiger partial charge in [0.15, 0.2) is 5.78 Å². The van der Waals surface area contributed by atoms with E-state index in [1.165, 1.54) is 27.3 Å². The Hall–Kier alpha value is -2.67. The van der Waals surface area contributed by atoms with E-state index in [0.717, 1.165) is 22.9 Å². The number of carbonyl (C=O) groups is 1. The molecular weight excluding hydrogens is 280 g/mol. The maximum Gasteiger partial charge on any atom is 0.191 e. The van der Waals surface area contributed by atoms with Gasteiger partial charge in [-0.05, 0) is 39.1 Å². The van der Waals surface area contributed by atoms with Crippen LogP contribution in [0.5, 0.6) is 0 Å². The first-order valence-corrected chi connectivity index (χ1v) is 8.25. The van der Waals surface area contributed by atoms with Crippen LogP contribution in [0, 0.1) is 11.8 Å². The van der Waals surface area contributed by atoms with Gasteiger partial charge in [0.05, 0.1) is 0 Å². The predicted molar refractivity (Wildman–Crippen MR) is 93.4 cm³/mol. The normalized spacial score (nSPS) is 24.1. The number of allylic oxidation sites excluding steroid dienone is 4. The molecule has 0 radical (unpaired) electrons. The molecule has 3 aliphatic rings. The van der Waals surface area contributed by atoms with Crippen molar-refractivity contribution in [2.45, 2.75) is 6.42 Å². The van der Waals surface area contributed by atoms with E-state index in [-0.39, 0.29) is 5.78 Å². The van der Waals surface area contributed by atoms with Crippen LogP contribution in [0.15, 0.2) is 66.3 Å². The summed E-state index contributed by atoms with van der Waals surface area (Å²) in [6.07, 6.45) is 5.63. The molecule has 108 valence electrons. The molecule has 0 amide bonds. The average molecular weight is 294 g/mol. The van der Waals surface area contributed by atoms with Crippen molar-refractivity contribution in [3.8, 4) is 0 Å². The number of carbonyl (C=O) groups excluding carboxylic acids is 1. The molecule has 2 unspecified atom stereocenters. The fourth-order valence-corrected chi connectivity index (χ4v) is 4.93. The molecular formula is C22H14O. The molecule has 0 heterocycles. The first-order chi connectivity index (χ1) is 11.3. The molecule has 0 saturated carbocycles. The van der Waals surface area contributed by atoms with Crippen LogP contribution in [0.25, 0.3) is 27.1 Å². The highest BCUT2D eigenvalue weighted by Crippen LogP contribution is 2.56. The summed E-state index contributed by atoms with van der Waals surface area (Å²) >= 11 is 0. The van der Waals surface area contributed by atoms with Gasteiger partial charge in [0.1, 0.15) is 0 Å². The molecule has 0 aliphatic heterocycles. The summed E-state index contributed by atoms with van der Waals surface area (Å²) in [6.45, 7) is 0. The number of ketones is 1. The van der Waals surface area contributed by atoms with E-state index in [1.54, 1.807) is 0 Å². The Morgan fingerprint density at radius 1 is 0.652 bits per heavy atom. The molecule has 0 saturated heterocycles. The summed E-state index contributed by atoms with van der Waals surface area (Å²) in [5.74, 6) is 1.05. The van der Waals surface area contributed by atoms with Gasteiger partial charge >= 0.3 is 0 Å². The van der Waals surface area contributed by atoms with E-state index < -0.39 is 0 Å². The standard InChI is InChI=1S/C22H14O/c23-22-19-13-10-9-12(11-13)18(19)20-16-7-3-1-5-14(16)15-6-2-4-8-17(15)21(20)22/h1-10,12-13H,11H2. The van der Waals surface area contributed by atoms with E-state index in [9.17, 15) is 4.79 Å². The second-order valence-electron chi connectivity index (χ2n) is 6.83. The van der Waals surface area contributed by atoms with Crippen molar-refractivity contribution >= 4 is 32.9 Å². The fourth-order valence-electron chi connectivity index (χ4n) is 4.93. The van der Waals surface area contributed by atoms with E-state index in [0.29, 0.717) is 11.8 Å². The molecule has 23 heavy (non-hydrogen) atoms. The van der Waals surface area contributed by atoms with Crippen molar-refractivity contribution < 1.29 is 4.79 Å². The van der Waals surface area contributed by atoms with Gasteiger partial charge in [-0.15, -0.1) is 0 Å². The average Bonchev–Trinajstić information content (AvgIpc) is 3.28. The van der Waals surface area contributed by atoms with Gasteiger partial charge in [0.25, 0.3) is 0 Å². The van der Waals surface area contributed by atoms with Crippen LogP contribution < -0.4 is 0 Å². The Kier molecular flexibility index (Phi) is 1.96. The summed E-state index contributed by atoms with van der Waals surface area (Å²) in [6, 6.07) is 16.9. The first kappa shape index (κ1) is 11.8. The van der Waals surface area contributed by atoms with Crippen LogP contribution in [-0.2, 0) is 0 Å². The fraction of sp³-hybridized carbons (Fsp3) is 0.136. The summed E-state index contributed by atoms with van der Waals surface area (Å²) in [5, 5.41) is 4.80. The molecule has 1 nitrogen and oxygen atoms in total. The summed E-state index contributed by atoms with van der Waals surface area (Å²) in [5.41, 5.74) is 4.56. The van der Waals surface area contributed by atoms with Crippen LogP contribution >= 0.6 is 0 Å². The lowest BCUT2D eigenvalue weighted by Gasteiger charge is -2.15. The lowest BCUT2D eigenvalue weighted by Crippen LogP contribution is -2.06. The highest BCUT2D eigenvalue weighted by molar-refractivity contribution is 6.33. The molecule has 2 atom stereocenters. The molecule has 3 aromatic carbocycles. The summed E-state index contributed by atoms with van der Waals surface area (Å²) in [7, 11) is 0. The second-order valence-corrected chi connectivity index (χ2v) is 6.83. The molecule has 0 aromatic heterocycles. The lowest BCUT2D eigenvalue weighted by atomic mass is 9.87. The first-order valence-electron chi connectivity index (χ1n) is 8.25. The maximum absolute atomic E-state index is 13.2. The number of hydrogen-bond acceptors (Lipinski definition) is 1. The molecule has 0 N–H and O–H groups in total. The molecule has 0 fully saturated rings. The van der Waals surface area contributed by atoms with E-state index >= 15 is 0 Å². The van der Waals surface area contributed by atoms with Crippen molar-refractivity contribution in [1.29, 1.82) is 0 Å². The minimum absolute atomic E-state index is 0.272. The minimum Gasteiger partial charge on any atom is -0.289 e. The third-order valence-corrected chi connectivity index (χ3v) is 5.79. The van der Waals surface area contributed by atoms with Gasteiger partial charge in [0, 0.05) is 23.0 Å². The molecule has 6 rings (SSSR count). The second kappa shape index (κ2) is 3.80. The minimum atomic E-state index is 0.272. The van der Waals surface area contributed by atoms with Crippen molar-refractivity contribution in [2.24, 2.45) is 11.8 Å². The summed E-state index contributed by atoms with van der Waals surface area (Å²) in [4.78, 5) is 13.2. The van der Waals surface area contributed by atoms with Crippen molar-refractivity contribution in [3.63, 3.8) is 0 Å². The van der Waals surface area contributed by atoms with E-state index in [4.69, 9.17) is 0 Å². The van der Waals surface area contributed by atoms with Crippen molar-refractivity contribution in [1.82, 2.24) is 0 Å². The number of benzene rings is 3. The highest BCUT2D eigenvalue weighted by atomic mass is 16.1. The van der Waals surface area contributed by atoms with Crippen LogP contribution in [0.2, 0.25) is 0 Å². The monoisotopic (exact) mass is 294 g/mol. The van der Waals surface area contributed by atoms with Crippen molar-refractivity contribution in [2.75, 3.05) is 0 Å². The molecule has 3 aliphatic carbocycles. The Bertz CT molecular complexity index is 1110. The molecule has 1 heteroatoms. The van der Waals surface area contributed by atoms with E-state index in [2.05, 4.69) is 54.6 Å². The Morgan fingerprint density at radius 2 is 1.17 bits per heavy atom. The van der Waals surface area contributed by atoms with Gasteiger partial charge < -0.3 is 0 Å². The zero-order valence-electron chi connectivity index (χ0n) is 12.5. The largest absolute Gasteiger partial charge is 0.289 e. The van der Waals surface area contributed by atoms with Gasteiger partial charge in [0.2, 0.25) is 0 Å². The van der Waals surface area contributed by atoms with Gasteiger partial charge in [-0.2, -0.15) is 0 Å². The Balaban J connectivity index is 1.87. The number of Topliss-reactive ketones (excluding diaryl/α,β-unsaturated/α-hetero) is 1. The topological polar surface area (TPSA) is 17.1 Å². The third-order valence-electron chi connectivity index (χ3n) is 5.79. The molecule has 2 bridgehead atoms. The Morgan fingerprint density at radius 3 is 1.83 bits per heavy atom. The Labute approximate surface area is 133 Å². The van der Waals surface area contributed by atoms with Gasteiger partial charge in [-0.25, -0.2) is 0 Å². The maximum atomic E-state index is 13.2. The van der Waals surface area contributed by atoms with Crippen LogP contribution in [-0.4, -0.2) is 5.78 Å². The number of hydrogen-bond donors (Lipinski definition) is 0. The quantitative estimate of drug-likeness (QED) is 0.414. The number of rotatable bonds is 0. The lowest BCUT2D eigenvalue weighted by molar-refractivity contribution is 0.103. The van der Waals surface area contributed by atoms with Crippen molar-refractivity contribution in [3.05, 3.63) is 77.4 Å². The zero-order valence-corrected chi connectivity index (χ0v) is 12.5. The van der Waals surface area contributed by atoms with Crippen LogP contribution in [0.3, 0.4) is 0 Å². The SMILES string of the molecule is O=C1C2=C(c3c1c1ccccc1c1ccccc31)C1C=CC2C1. The molecule has 3 aromatic rings. The molecule has 0 spiro atoms. The zero-order chi connectivity index (χ0) is 15.1. The van der Waals surface area contributed by atoms with Gasteiger partial charge in [-0.1, -0.05) is 60.7 Å². The predicted octanol–water partition coefficient (Wildman–Crippen LogP) is 5.15. The number of fused-ring (bicyclic) bond motifs is 11. The van der Waals surface area contributed by atoms with E-state index in [1.807, 2.05) is 6.07 Å². The van der Waals surface area contributed by atoms with Gasteiger partial charge in [-0.3, -0.25) is 4.79 Å².